The third-order valence-corrected chi connectivity index (χ3v) is 18.9. The molecule has 0 heterocycles. The summed E-state index contributed by atoms with van der Waals surface area (Å²) in [5.74, 6) is -1.42. The first-order valence-electron chi connectivity index (χ1n) is 23.1. The van der Waals surface area contributed by atoms with Crippen LogP contribution in [-0.4, -0.2) is 64.5 Å². The van der Waals surface area contributed by atoms with Gasteiger partial charge in [-0.3, -0.25) is 24.0 Å². The second-order valence-electron chi connectivity index (χ2n) is 22.6. The van der Waals surface area contributed by atoms with Gasteiger partial charge in [0.1, 0.15) is 6.10 Å². The molecule has 11 heteroatoms. The number of carbonyl (C=O) groups is 5. The van der Waals surface area contributed by atoms with E-state index in [4.69, 9.17) is 16.3 Å². The molecule has 6 aliphatic rings. The van der Waals surface area contributed by atoms with E-state index in [1.54, 1.807) is 31.2 Å². The van der Waals surface area contributed by atoms with Crippen LogP contribution in [0.1, 0.15) is 150 Å². The van der Waals surface area contributed by atoms with Crippen molar-refractivity contribution in [1.82, 2.24) is 10.6 Å². The molecule has 6 aliphatic carbocycles. The summed E-state index contributed by atoms with van der Waals surface area (Å²) in [6.45, 7) is 21.7. The van der Waals surface area contributed by atoms with Gasteiger partial charge in [0.05, 0.1) is 24.0 Å². The van der Waals surface area contributed by atoms with Crippen molar-refractivity contribution in [1.29, 1.82) is 0 Å². The second-order valence-corrected chi connectivity index (χ2v) is 23.0. The highest BCUT2D eigenvalue weighted by atomic mass is 35.5. The normalized spacial score (nSPS) is 38.1. The summed E-state index contributed by atoms with van der Waals surface area (Å²) in [5, 5.41) is 26.7. The Balaban J connectivity index is 1.09. The zero-order valence-electron chi connectivity index (χ0n) is 38.2. The first-order valence-corrected chi connectivity index (χ1v) is 23.4. The number of esters is 1. The molecule has 0 aliphatic heterocycles. The first-order chi connectivity index (χ1) is 28.3. The number of allylic oxidation sites excluding steroid dienone is 2. The maximum absolute atomic E-state index is 14.2. The Bertz CT molecular complexity index is 1990. The van der Waals surface area contributed by atoms with Crippen LogP contribution in [0.3, 0.4) is 0 Å². The number of carbonyl (C=O) groups excluding carboxylic acids is 4. The number of hydrogen-bond acceptors (Lipinski definition) is 7. The first kappa shape index (κ1) is 45.8. The number of benzene rings is 1. The quantitative estimate of drug-likeness (QED) is 0.161. The Morgan fingerprint density at radius 2 is 1.51 bits per heavy atom. The molecule has 0 bridgehead atoms. The lowest BCUT2D eigenvalue weighted by atomic mass is 9.33. The van der Waals surface area contributed by atoms with Gasteiger partial charge in [0.15, 0.2) is 5.78 Å². The number of Topliss-reactive ketones (excluding diaryl/α,β-unsaturated/α-hetero) is 1. The molecule has 0 radical (unpaired) electrons. The Kier molecular flexibility index (Phi) is 11.8. The molecule has 61 heavy (non-hydrogen) atoms. The van der Waals surface area contributed by atoms with Crippen LogP contribution in [0.4, 0.5) is 0 Å². The van der Waals surface area contributed by atoms with Crippen molar-refractivity contribution >= 4 is 41.1 Å². The van der Waals surface area contributed by atoms with Crippen molar-refractivity contribution in [2.75, 3.05) is 6.54 Å². The molecule has 336 valence electrons. The number of rotatable bonds is 11. The summed E-state index contributed by atoms with van der Waals surface area (Å²) in [4.78, 5) is 66.7. The van der Waals surface area contributed by atoms with E-state index in [2.05, 4.69) is 59.1 Å². The van der Waals surface area contributed by atoms with Crippen LogP contribution in [-0.2, 0) is 23.9 Å². The number of hydrogen-bond donors (Lipinski definition) is 4. The number of nitrogens with one attached hydrogen (secondary N) is 2. The molecule has 12 atom stereocenters. The fourth-order valence-electron chi connectivity index (χ4n) is 14.9. The minimum atomic E-state index is -0.919. The maximum Gasteiger partial charge on any atom is 0.309 e. The molecule has 5 fully saturated rings. The van der Waals surface area contributed by atoms with Crippen LogP contribution in [0.5, 0.6) is 0 Å². The topological polar surface area (TPSA) is 159 Å². The average Bonchev–Trinajstić information content (AvgIpc) is 3.45. The molecule has 0 aromatic heterocycles. The second kappa shape index (κ2) is 15.8. The molecule has 0 saturated heterocycles. The van der Waals surface area contributed by atoms with Gasteiger partial charge in [0.25, 0.3) is 5.91 Å². The van der Waals surface area contributed by atoms with Crippen LogP contribution < -0.4 is 10.6 Å². The lowest BCUT2D eigenvalue weighted by Crippen LogP contribution is -2.66. The molecule has 7 rings (SSSR count). The standard InChI is InChI=1S/C50H71ClN2O8/c1-27(2)40-35(55)24-50(25-39(56)52-26-34(28(3)54)53-42(57)29-11-13-30(51)14-12-29)22-21-48(9)31(41(40)50)15-16-37-47(8)19-18-38(46(6,7)36(47)17-20-49(37,48)10)61-44(60)33-23-32(43(58)59)45(33,4)5/h11-14,27-28,31-34,36-38,54H,15-26H2,1-10H3,(H,52,56)(H,53,57)(H,58,59)/t28?,31-,32+,33-,34-,36+,37-,38+,47+,48-,49-,50+/m1/s1. The number of ether oxygens (including phenoxy) is 1. The maximum atomic E-state index is 14.2. The predicted octanol–water partition coefficient (Wildman–Crippen LogP) is 8.96. The van der Waals surface area contributed by atoms with E-state index in [-0.39, 0.29) is 76.1 Å². The van der Waals surface area contributed by atoms with Gasteiger partial charge in [-0.25, -0.2) is 0 Å². The number of carboxylic acid groups (broad SMARTS) is 1. The molecule has 1 aromatic carbocycles. The Labute approximate surface area is 368 Å². The fourth-order valence-corrected chi connectivity index (χ4v) is 15.0. The number of amides is 2. The number of halogens is 1. The SMILES string of the molecule is CC(C)C1=C2[C@H]3CC[C@@H]4[C@@]5(C)CC[C@H](OC(=O)[C@H]6C[C@@H](C(=O)O)C6(C)C)C(C)(C)[C@@H]5CC[C@@]4(C)[C@]3(C)CC[C@@]2(CC(=O)NC[C@@H](NC(=O)c2ccc(Cl)cc2)C(C)O)CC1=O. The summed E-state index contributed by atoms with van der Waals surface area (Å²) >= 11 is 6.01. The molecule has 2 amide bonds. The van der Waals surface area contributed by atoms with Crippen molar-refractivity contribution < 1.29 is 38.9 Å². The van der Waals surface area contributed by atoms with E-state index in [1.165, 1.54) is 5.57 Å². The van der Waals surface area contributed by atoms with Crippen LogP contribution in [0.2, 0.25) is 5.02 Å². The van der Waals surface area contributed by atoms with E-state index in [0.717, 1.165) is 56.9 Å². The van der Waals surface area contributed by atoms with Gasteiger partial charge in [-0.15, -0.1) is 0 Å². The van der Waals surface area contributed by atoms with Crippen molar-refractivity contribution in [3.63, 3.8) is 0 Å². The van der Waals surface area contributed by atoms with Crippen molar-refractivity contribution in [2.45, 2.75) is 158 Å². The summed E-state index contributed by atoms with van der Waals surface area (Å²) in [7, 11) is 0. The van der Waals surface area contributed by atoms with Crippen LogP contribution in [0.15, 0.2) is 35.4 Å². The average molecular weight is 864 g/mol. The minimum absolute atomic E-state index is 0.00944. The third kappa shape index (κ3) is 7.29. The van der Waals surface area contributed by atoms with Gasteiger partial charge in [-0.1, -0.05) is 79.5 Å². The van der Waals surface area contributed by atoms with E-state index in [1.807, 2.05) is 13.8 Å². The largest absolute Gasteiger partial charge is 0.481 e. The molecule has 5 saturated carbocycles. The van der Waals surface area contributed by atoms with Gasteiger partial charge in [0.2, 0.25) is 5.91 Å². The monoisotopic (exact) mass is 862 g/mol. The van der Waals surface area contributed by atoms with Crippen molar-refractivity contribution in [3.05, 3.63) is 46.0 Å². The minimum Gasteiger partial charge on any atom is -0.481 e. The lowest BCUT2D eigenvalue weighted by molar-refractivity contribution is -0.236. The number of fused-ring (bicyclic) bond motifs is 7. The summed E-state index contributed by atoms with van der Waals surface area (Å²) < 4.78 is 6.41. The van der Waals surface area contributed by atoms with Crippen LogP contribution in [0, 0.1) is 68.0 Å². The number of aliphatic carboxylic acids is 1. The zero-order chi connectivity index (χ0) is 44.8. The third-order valence-electron chi connectivity index (χ3n) is 18.6. The van der Waals surface area contributed by atoms with Gasteiger partial charge < -0.3 is 25.6 Å². The molecule has 10 nitrogen and oxygen atoms in total. The highest BCUT2D eigenvalue weighted by Gasteiger charge is 2.70. The Morgan fingerprint density at radius 3 is 2.11 bits per heavy atom. The predicted molar refractivity (Wildman–Crippen MR) is 234 cm³/mol. The molecular weight excluding hydrogens is 792 g/mol. The number of aliphatic hydroxyl groups excluding tert-OH is 1. The summed E-state index contributed by atoms with van der Waals surface area (Å²) in [5.41, 5.74) is 1.03. The molecule has 1 unspecified atom stereocenters. The number of carboxylic acids is 1. The van der Waals surface area contributed by atoms with Crippen LogP contribution in [0.25, 0.3) is 0 Å². The van der Waals surface area contributed by atoms with E-state index >= 15 is 0 Å². The number of ketones is 1. The molecule has 0 spiro atoms. The fraction of sp³-hybridized carbons (Fsp3) is 0.740. The van der Waals surface area contributed by atoms with Gasteiger partial charge in [-0.05, 0) is 140 Å². The van der Waals surface area contributed by atoms with Gasteiger partial charge in [-0.2, -0.15) is 0 Å². The van der Waals surface area contributed by atoms with Crippen LogP contribution >= 0.6 is 11.6 Å². The van der Waals surface area contributed by atoms with E-state index in [9.17, 15) is 34.2 Å². The smallest absolute Gasteiger partial charge is 0.309 e. The van der Waals surface area contributed by atoms with Crippen molar-refractivity contribution in [3.8, 4) is 0 Å². The summed E-state index contributed by atoms with van der Waals surface area (Å²) in [6.07, 6.45) is 7.19. The zero-order valence-corrected chi connectivity index (χ0v) is 39.0. The highest BCUT2D eigenvalue weighted by molar-refractivity contribution is 6.30. The van der Waals surface area contributed by atoms with E-state index < -0.39 is 40.8 Å². The highest BCUT2D eigenvalue weighted by Crippen LogP contribution is 2.77. The summed E-state index contributed by atoms with van der Waals surface area (Å²) in [6, 6.07) is 5.78. The number of aliphatic hydroxyl groups is 1. The van der Waals surface area contributed by atoms with E-state index in [0.29, 0.717) is 35.3 Å². The molecule has 1 aromatic rings. The van der Waals surface area contributed by atoms with Gasteiger partial charge in [0, 0.05) is 40.8 Å². The Morgan fingerprint density at radius 1 is 0.836 bits per heavy atom. The molecule has 4 N–H and O–H groups in total. The lowest BCUT2D eigenvalue weighted by Gasteiger charge is -2.72. The molecular formula is C50H71ClN2O8. The Hall–Kier alpha value is -3.24. The van der Waals surface area contributed by atoms with Gasteiger partial charge >= 0.3 is 11.9 Å². The van der Waals surface area contributed by atoms with Crippen molar-refractivity contribution in [2.24, 2.45) is 68.0 Å².